The molecule has 1 fully saturated rings. The molecule has 94 valence electrons. The van der Waals surface area contributed by atoms with Gasteiger partial charge in [0.1, 0.15) is 11.4 Å². The second kappa shape index (κ2) is 4.03. The van der Waals surface area contributed by atoms with Gasteiger partial charge in [-0.25, -0.2) is 12.8 Å². The molecule has 1 aliphatic rings. The molecule has 17 heavy (non-hydrogen) atoms. The highest BCUT2D eigenvalue weighted by atomic mass is 32.2. The van der Waals surface area contributed by atoms with Crippen molar-refractivity contribution in [3.8, 4) is 0 Å². The van der Waals surface area contributed by atoms with Crippen molar-refractivity contribution in [3.63, 3.8) is 0 Å². The molecular formula is C11H14FNO3S. The average Bonchev–Trinajstić information content (AvgIpc) is 2.61. The average molecular weight is 259 g/mol. The van der Waals surface area contributed by atoms with Crippen LogP contribution in [-0.4, -0.2) is 30.0 Å². The van der Waals surface area contributed by atoms with Crippen molar-refractivity contribution in [2.24, 2.45) is 0 Å². The molecule has 0 saturated heterocycles. The first-order valence-corrected chi connectivity index (χ1v) is 7.32. The van der Waals surface area contributed by atoms with Gasteiger partial charge in [0, 0.05) is 18.0 Å². The fourth-order valence-electron chi connectivity index (χ4n) is 2.56. The summed E-state index contributed by atoms with van der Waals surface area (Å²) in [5.74, 6) is -0.662. The minimum absolute atomic E-state index is 0.0282. The number of halogens is 1. The highest BCUT2D eigenvalue weighted by molar-refractivity contribution is 7.91. The first-order chi connectivity index (χ1) is 7.86. The van der Waals surface area contributed by atoms with Gasteiger partial charge < -0.3 is 5.11 Å². The van der Waals surface area contributed by atoms with Crippen LogP contribution in [0.1, 0.15) is 24.8 Å². The molecule has 2 rings (SSSR count). The summed E-state index contributed by atoms with van der Waals surface area (Å²) in [5.41, 5.74) is -1.60. The lowest BCUT2D eigenvalue weighted by Gasteiger charge is -2.29. The van der Waals surface area contributed by atoms with Crippen molar-refractivity contribution < 1.29 is 17.9 Å². The van der Waals surface area contributed by atoms with E-state index in [0.717, 1.165) is 12.5 Å². The molecule has 1 aromatic rings. The predicted octanol–water partition coefficient (Wildman–Crippen LogP) is 1.01. The van der Waals surface area contributed by atoms with Gasteiger partial charge in [-0.15, -0.1) is 0 Å². The Morgan fingerprint density at radius 1 is 1.59 bits per heavy atom. The van der Waals surface area contributed by atoms with Crippen LogP contribution in [0.5, 0.6) is 0 Å². The largest absolute Gasteiger partial charge is 0.384 e. The highest BCUT2D eigenvalue weighted by Gasteiger charge is 2.49. The fraction of sp³-hybridized carbons (Fsp3) is 0.545. The van der Waals surface area contributed by atoms with E-state index >= 15 is 0 Å². The summed E-state index contributed by atoms with van der Waals surface area (Å²) < 4.78 is 36.9. The van der Waals surface area contributed by atoms with Crippen LogP contribution in [-0.2, 0) is 15.4 Å². The number of nitrogens with zero attached hydrogens (tertiary/aromatic N) is 1. The molecule has 1 saturated carbocycles. The maximum atomic E-state index is 13.6. The van der Waals surface area contributed by atoms with E-state index in [9.17, 15) is 17.9 Å². The Morgan fingerprint density at radius 3 is 2.88 bits per heavy atom. The standard InChI is InChI=1S/C11H14FNO3S/c1-17(15,16)10-3-2-5-11(10,14)8-4-6-13-7-9(8)12/h4,6-7,10,14H,2-3,5H2,1H3. The highest BCUT2D eigenvalue weighted by Crippen LogP contribution is 2.43. The number of hydrogen-bond donors (Lipinski definition) is 1. The lowest BCUT2D eigenvalue weighted by Crippen LogP contribution is -2.40. The first kappa shape index (κ1) is 12.4. The van der Waals surface area contributed by atoms with Crippen LogP contribution in [0.3, 0.4) is 0 Å². The van der Waals surface area contributed by atoms with Gasteiger partial charge in [0.15, 0.2) is 9.84 Å². The van der Waals surface area contributed by atoms with Crippen LogP contribution in [0.2, 0.25) is 0 Å². The molecule has 0 radical (unpaired) electrons. The number of pyridine rings is 1. The van der Waals surface area contributed by atoms with E-state index in [1.54, 1.807) is 0 Å². The third-order valence-corrected chi connectivity index (χ3v) is 4.97. The molecule has 0 amide bonds. The Morgan fingerprint density at radius 2 is 2.29 bits per heavy atom. The molecule has 1 aromatic heterocycles. The first-order valence-electron chi connectivity index (χ1n) is 5.37. The summed E-state index contributed by atoms with van der Waals surface area (Å²) in [6.07, 6.45) is 4.60. The third-order valence-electron chi connectivity index (χ3n) is 3.31. The second-order valence-electron chi connectivity index (χ2n) is 4.49. The van der Waals surface area contributed by atoms with E-state index in [-0.39, 0.29) is 12.0 Å². The van der Waals surface area contributed by atoms with Crippen LogP contribution in [0.4, 0.5) is 4.39 Å². The summed E-state index contributed by atoms with van der Waals surface area (Å²) in [6, 6.07) is 1.35. The Labute approximate surface area is 99.4 Å². The minimum atomic E-state index is -3.41. The Balaban J connectivity index is 2.53. The molecule has 0 aliphatic heterocycles. The summed E-state index contributed by atoms with van der Waals surface area (Å²) in [4.78, 5) is 3.60. The third kappa shape index (κ3) is 2.07. The smallest absolute Gasteiger partial charge is 0.153 e. The van der Waals surface area contributed by atoms with Gasteiger partial charge in [0.05, 0.1) is 11.4 Å². The van der Waals surface area contributed by atoms with Gasteiger partial charge in [-0.3, -0.25) is 4.98 Å². The molecule has 2 unspecified atom stereocenters. The molecule has 4 nitrogen and oxygen atoms in total. The van der Waals surface area contributed by atoms with Crippen molar-refractivity contribution in [2.75, 3.05) is 6.26 Å². The number of aromatic nitrogens is 1. The number of aliphatic hydroxyl groups is 1. The Bertz CT molecular complexity index is 531. The topological polar surface area (TPSA) is 67.3 Å². The van der Waals surface area contributed by atoms with E-state index in [1.807, 2.05) is 0 Å². The maximum Gasteiger partial charge on any atom is 0.153 e. The molecule has 6 heteroatoms. The lowest BCUT2D eigenvalue weighted by atomic mass is 9.92. The quantitative estimate of drug-likeness (QED) is 0.860. The van der Waals surface area contributed by atoms with Crippen LogP contribution >= 0.6 is 0 Å². The van der Waals surface area contributed by atoms with Crippen molar-refractivity contribution in [3.05, 3.63) is 29.8 Å². The zero-order valence-electron chi connectivity index (χ0n) is 9.43. The van der Waals surface area contributed by atoms with Crippen LogP contribution in [0.25, 0.3) is 0 Å². The van der Waals surface area contributed by atoms with Crippen LogP contribution in [0.15, 0.2) is 18.5 Å². The van der Waals surface area contributed by atoms with Gasteiger partial charge in [-0.2, -0.15) is 0 Å². The molecule has 0 bridgehead atoms. The van der Waals surface area contributed by atoms with Crippen molar-refractivity contribution in [1.29, 1.82) is 0 Å². The lowest BCUT2D eigenvalue weighted by molar-refractivity contribution is 0.0438. The van der Waals surface area contributed by atoms with E-state index in [1.165, 1.54) is 12.3 Å². The van der Waals surface area contributed by atoms with Gasteiger partial charge in [0.2, 0.25) is 0 Å². The Kier molecular flexibility index (Phi) is 2.95. The SMILES string of the molecule is CS(=O)(=O)C1CCCC1(O)c1ccncc1F. The second-order valence-corrected chi connectivity index (χ2v) is 6.72. The van der Waals surface area contributed by atoms with Gasteiger partial charge >= 0.3 is 0 Å². The van der Waals surface area contributed by atoms with Crippen molar-refractivity contribution in [1.82, 2.24) is 4.98 Å². The normalized spacial score (nSPS) is 29.5. The van der Waals surface area contributed by atoms with E-state index in [2.05, 4.69) is 4.98 Å². The van der Waals surface area contributed by atoms with Gasteiger partial charge in [-0.1, -0.05) is 0 Å². The summed E-state index contributed by atoms with van der Waals surface area (Å²) in [5, 5.41) is 9.55. The van der Waals surface area contributed by atoms with E-state index in [0.29, 0.717) is 12.8 Å². The molecule has 0 aromatic carbocycles. The summed E-state index contributed by atoms with van der Waals surface area (Å²) >= 11 is 0. The number of rotatable bonds is 2. The minimum Gasteiger partial charge on any atom is -0.384 e. The van der Waals surface area contributed by atoms with Crippen LogP contribution in [0, 0.1) is 5.82 Å². The van der Waals surface area contributed by atoms with Crippen molar-refractivity contribution >= 4 is 9.84 Å². The van der Waals surface area contributed by atoms with Gasteiger partial charge in [-0.05, 0) is 25.3 Å². The maximum absolute atomic E-state index is 13.6. The van der Waals surface area contributed by atoms with E-state index in [4.69, 9.17) is 0 Å². The fourth-order valence-corrected chi connectivity index (χ4v) is 4.11. The van der Waals surface area contributed by atoms with Crippen LogP contribution < -0.4 is 0 Å². The van der Waals surface area contributed by atoms with E-state index < -0.39 is 26.5 Å². The van der Waals surface area contributed by atoms with Gasteiger partial charge in [0.25, 0.3) is 0 Å². The Hall–Kier alpha value is -1.01. The van der Waals surface area contributed by atoms with Crippen molar-refractivity contribution in [2.45, 2.75) is 30.1 Å². The predicted molar refractivity (Wildman–Crippen MR) is 60.6 cm³/mol. The zero-order valence-corrected chi connectivity index (χ0v) is 10.2. The molecule has 2 atom stereocenters. The summed E-state index contributed by atoms with van der Waals surface area (Å²) in [6.45, 7) is 0. The number of hydrogen-bond acceptors (Lipinski definition) is 4. The zero-order chi connectivity index (χ0) is 12.7. The number of sulfone groups is 1. The summed E-state index contributed by atoms with van der Waals surface area (Å²) in [7, 11) is -3.41. The molecule has 1 N–H and O–H groups in total. The molecular weight excluding hydrogens is 245 g/mol. The molecule has 1 heterocycles. The molecule has 1 aliphatic carbocycles. The monoisotopic (exact) mass is 259 g/mol. The molecule has 0 spiro atoms.